The molecule has 14 N–H and O–H groups in total. The maximum atomic E-state index is 12.5. The first-order chi connectivity index (χ1) is 40.1. The summed E-state index contributed by atoms with van der Waals surface area (Å²) in [7, 11) is -4.88. The Morgan fingerprint density at radius 1 is 0.628 bits per heavy atom. The molecule has 0 bridgehead atoms. The second kappa shape index (κ2) is 26.4. The summed E-state index contributed by atoms with van der Waals surface area (Å²) in [4.78, 5) is 0. The van der Waals surface area contributed by atoms with E-state index in [4.69, 9.17) is 51.6 Å². The number of aliphatic hydroxyl groups excluding tert-OH is 12. The monoisotopic (exact) mass is 1260 g/mol. The van der Waals surface area contributed by atoms with Gasteiger partial charge in [-0.25, -0.2) is 4.18 Å². The number of allylic oxidation sites excluding steroid dienone is 3. The summed E-state index contributed by atoms with van der Waals surface area (Å²) >= 11 is 0. The molecule has 5 aliphatic heterocycles. The molecule has 9 aliphatic rings. The van der Waals surface area contributed by atoms with Gasteiger partial charge in [-0.05, 0) is 133 Å². The molecule has 28 heteroatoms. The average molecular weight is 1260 g/mol. The highest BCUT2D eigenvalue weighted by Crippen LogP contribution is 2.67. The zero-order valence-electron chi connectivity index (χ0n) is 50.3. The first-order valence-corrected chi connectivity index (χ1v) is 31.9. The number of hydrogen-bond donors (Lipinski definition) is 14. The van der Waals surface area contributed by atoms with E-state index < -0.39 is 200 Å². The quantitative estimate of drug-likeness (QED) is 0.0560. The molecule has 86 heavy (non-hydrogen) atoms. The van der Waals surface area contributed by atoms with Gasteiger partial charge in [-0.2, -0.15) is 8.42 Å². The fourth-order valence-electron chi connectivity index (χ4n) is 15.8. The third-order valence-corrected chi connectivity index (χ3v) is 21.7. The number of rotatable bonds is 18. The summed E-state index contributed by atoms with van der Waals surface area (Å²) in [6, 6.07) is 0. The second-order valence-corrected chi connectivity index (χ2v) is 28.1. The summed E-state index contributed by atoms with van der Waals surface area (Å²) < 4.78 is 101. The molecule has 5 heterocycles. The Morgan fingerprint density at radius 2 is 1.13 bits per heavy atom. The Labute approximate surface area is 502 Å². The van der Waals surface area contributed by atoms with Crippen LogP contribution in [-0.2, 0) is 62.0 Å². The lowest BCUT2D eigenvalue weighted by Gasteiger charge is -2.60. The van der Waals surface area contributed by atoms with E-state index in [1.807, 2.05) is 6.92 Å². The molecule has 34 unspecified atom stereocenters. The van der Waals surface area contributed by atoms with Gasteiger partial charge in [0.25, 0.3) is 0 Å². The normalized spacial score (nSPS) is 51.7. The molecule has 496 valence electrons. The highest BCUT2D eigenvalue weighted by Gasteiger charge is 2.64. The molecule has 0 aromatic rings. The molecule has 9 rings (SSSR count). The van der Waals surface area contributed by atoms with Gasteiger partial charge in [0.15, 0.2) is 31.5 Å². The standard InChI is InChI=1S/C58H96O27S/c1-22(2)23(3)13-18-58(10,71)35-12-11-30-29-20-33(32-19-28(85-86(72,73)74)14-16-56(32,8)31(29)15-17-57(30,35)9)79-53-46(70)48(39(63)27(7)77-53)82-55-50(84-52-44(68)41(65)37(61)25(5)76-52)45(69)47(34(21-59)80-55)81-54-49(42(66)38(62)26(6)78-54)83-51-43(67)40(64)36(60)24(4)75-51/h15,22,24-30,32-55,59-71H,3,11-14,16-21H2,1-2,4-10H3,(H,72,73,74). The van der Waals surface area contributed by atoms with Crippen molar-refractivity contribution in [3.63, 3.8) is 0 Å². The van der Waals surface area contributed by atoms with E-state index in [0.29, 0.717) is 32.1 Å². The van der Waals surface area contributed by atoms with Gasteiger partial charge in [0, 0.05) is 0 Å². The van der Waals surface area contributed by atoms with Gasteiger partial charge in [0.05, 0.1) is 48.8 Å². The average Bonchev–Trinajstić information content (AvgIpc) is 1.33. The number of ether oxygens (including phenoxy) is 10. The van der Waals surface area contributed by atoms with E-state index in [0.717, 1.165) is 18.4 Å². The number of hydrogen-bond acceptors (Lipinski definition) is 26. The summed E-state index contributed by atoms with van der Waals surface area (Å²) in [5.74, 6) is -0.315. The highest BCUT2D eigenvalue weighted by atomic mass is 32.3. The van der Waals surface area contributed by atoms with Crippen molar-refractivity contribution in [3.05, 3.63) is 23.8 Å². The van der Waals surface area contributed by atoms with Crippen LogP contribution in [0.1, 0.15) is 120 Å². The van der Waals surface area contributed by atoms with Crippen molar-refractivity contribution in [3.8, 4) is 0 Å². The fraction of sp³-hybridized carbons (Fsp3) is 0.931. The molecule has 0 aromatic heterocycles. The predicted octanol–water partition coefficient (Wildman–Crippen LogP) is -1.30. The van der Waals surface area contributed by atoms with Crippen LogP contribution < -0.4 is 0 Å². The zero-order chi connectivity index (χ0) is 63.2. The lowest BCUT2D eigenvalue weighted by molar-refractivity contribution is -0.408. The smallest absolute Gasteiger partial charge is 0.394 e. The van der Waals surface area contributed by atoms with Crippen molar-refractivity contribution in [1.82, 2.24) is 0 Å². The highest BCUT2D eigenvalue weighted by molar-refractivity contribution is 7.80. The van der Waals surface area contributed by atoms with E-state index in [1.54, 1.807) is 0 Å². The second-order valence-electron chi connectivity index (χ2n) is 27.1. The summed E-state index contributed by atoms with van der Waals surface area (Å²) in [6.07, 6.45) is -37.4. The van der Waals surface area contributed by atoms with Crippen LogP contribution >= 0.6 is 0 Å². The van der Waals surface area contributed by atoms with Crippen LogP contribution in [0.5, 0.6) is 0 Å². The van der Waals surface area contributed by atoms with E-state index >= 15 is 0 Å². The van der Waals surface area contributed by atoms with E-state index in [-0.39, 0.29) is 41.9 Å². The van der Waals surface area contributed by atoms with Crippen LogP contribution in [0, 0.1) is 40.4 Å². The molecule has 0 spiro atoms. The molecule has 8 fully saturated rings. The van der Waals surface area contributed by atoms with Crippen LogP contribution in [0.3, 0.4) is 0 Å². The molecule has 34 atom stereocenters. The number of aliphatic hydroxyl groups is 13. The molecular formula is C58H96O27S. The lowest BCUT2D eigenvalue weighted by Crippen LogP contribution is -2.68. The van der Waals surface area contributed by atoms with Gasteiger partial charge in [0.1, 0.15) is 97.7 Å². The Morgan fingerprint density at radius 3 is 1.69 bits per heavy atom. The van der Waals surface area contributed by atoms with Gasteiger partial charge in [-0.15, -0.1) is 0 Å². The van der Waals surface area contributed by atoms with Crippen molar-refractivity contribution in [2.24, 2.45) is 40.4 Å². The molecule has 0 aromatic carbocycles. The van der Waals surface area contributed by atoms with Crippen molar-refractivity contribution in [2.45, 2.75) is 291 Å². The predicted molar refractivity (Wildman–Crippen MR) is 294 cm³/mol. The molecule has 3 saturated carbocycles. The summed E-state index contributed by atoms with van der Waals surface area (Å²) in [5.41, 5.74) is 0.281. The van der Waals surface area contributed by atoms with Gasteiger partial charge >= 0.3 is 10.4 Å². The first-order valence-electron chi connectivity index (χ1n) is 30.5. The molecule has 27 nitrogen and oxygen atoms in total. The van der Waals surface area contributed by atoms with Gasteiger partial charge < -0.3 is 114 Å². The SMILES string of the molecule is C=C(CCC(C)(O)C1CCC2C3CC(OC4OC(C)C(O)C(OC5OC(CO)C(OC6OC(C)C(O)C(O)C6OC6OC(C)C(O)C(O)C6O)C(O)C5OC5OC(C)C(O)C(O)C5O)C4O)C4CC(OS(=O)(=O)O)CCC4(C)C3=CCC21C)C(C)C. The molecule has 4 aliphatic carbocycles. The van der Waals surface area contributed by atoms with Crippen molar-refractivity contribution < 1.29 is 131 Å². The number of fused-ring (bicyclic) bond motifs is 5. The molecule has 5 saturated heterocycles. The summed E-state index contributed by atoms with van der Waals surface area (Å²) in [5, 5.41) is 147. The Balaban J connectivity index is 1.00. The maximum absolute atomic E-state index is 12.5. The Kier molecular flexibility index (Phi) is 21.1. The van der Waals surface area contributed by atoms with Crippen LogP contribution in [0.4, 0.5) is 0 Å². The van der Waals surface area contributed by atoms with Crippen LogP contribution in [0.2, 0.25) is 0 Å². The van der Waals surface area contributed by atoms with Crippen molar-refractivity contribution >= 4 is 10.4 Å². The fourth-order valence-corrected chi connectivity index (χ4v) is 16.4. The van der Waals surface area contributed by atoms with Crippen LogP contribution in [0.15, 0.2) is 23.8 Å². The molecule has 0 amide bonds. The van der Waals surface area contributed by atoms with Gasteiger partial charge in [-0.3, -0.25) is 4.55 Å². The Bertz CT molecular complexity index is 2460. The third kappa shape index (κ3) is 13.3. The maximum Gasteiger partial charge on any atom is 0.397 e. The minimum Gasteiger partial charge on any atom is -0.394 e. The van der Waals surface area contributed by atoms with Crippen molar-refractivity contribution in [2.75, 3.05) is 6.61 Å². The van der Waals surface area contributed by atoms with E-state index in [2.05, 4.69) is 40.3 Å². The largest absolute Gasteiger partial charge is 0.397 e. The lowest BCUT2D eigenvalue weighted by atomic mass is 9.47. The van der Waals surface area contributed by atoms with Crippen LogP contribution in [-0.4, -0.2) is 257 Å². The van der Waals surface area contributed by atoms with Crippen molar-refractivity contribution in [1.29, 1.82) is 0 Å². The molecule has 0 radical (unpaired) electrons. The first kappa shape index (κ1) is 68.8. The van der Waals surface area contributed by atoms with E-state index in [1.165, 1.54) is 33.3 Å². The topological polar surface area (TPSA) is 419 Å². The van der Waals surface area contributed by atoms with Gasteiger partial charge in [0.2, 0.25) is 0 Å². The van der Waals surface area contributed by atoms with E-state index in [9.17, 15) is 79.4 Å². The molecular weight excluding hydrogens is 1160 g/mol. The summed E-state index contributed by atoms with van der Waals surface area (Å²) in [6.45, 7) is 19.3. The zero-order valence-corrected chi connectivity index (χ0v) is 51.1. The minimum atomic E-state index is -4.88. The third-order valence-electron chi connectivity index (χ3n) is 21.2. The minimum absolute atomic E-state index is 0.0659. The Hall–Kier alpha value is -1.57. The van der Waals surface area contributed by atoms with Gasteiger partial charge in [-0.1, -0.05) is 51.5 Å². The van der Waals surface area contributed by atoms with Crippen LogP contribution in [0.25, 0.3) is 0 Å².